The molecule has 0 unspecified atom stereocenters. The van der Waals surface area contributed by atoms with Gasteiger partial charge in [-0.2, -0.15) is 0 Å². The zero-order valence-electron chi connectivity index (χ0n) is 15.9. The Hall–Kier alpha value is -2.66. The number of benzene rings is 2. The Bertz CT molecular complexity index is 785. The van der Waals surface area contributed by atoms with Crippen LogP contribution in [-0.2, 0) is 0 Å². The third-order valence-corrected chi connectivity index (χ3v) is 4.10. The predicted molar refractivity (Wildman–Crippen MR) is 106 cm³/mol. The van der Waals surface area contributed by atoms with Crippen LogP contribution in [0, 0.1) is 13.8 Å². The molecule has 2 aromatic carbocycles. The van der Waals surface area contributed by atoms with Gasteiger partial charge in [-0.15, -0.1) is 0 Å². The van der Waals surface area contributed by atoms with Crippen molar-refractivity contribution in [3.8, 4) is 0 Å². The number of hydrogen-bond donors (Lipinski definition) is 2. The summed E-state index contributed by atoms with van der Waals surface area (Å²) in [5.74, 6) is -0.383. The molecular formula is C21H27N3O2. The van der Waals surface area contributed by atoms with Crippen LogP contribution >= 0.6 is 0 Å². The van der Waals surface area contributed by atoms with E-state index in [0.29, 0.717) is 17.7 Å². The zero-order valence-corrected chi connectivity index (χ0v) is 15.9. The first-order valence-electron chi connectivity index (χ1n) is 8.78. The van der Waals surface area contributed by atoms with Crippen molar-refractivity contribution >= 4 is 17.5 Å². The maximum Gasteiger partial charge on any atom is 0.255 e. The fraction of sp³-hybridized carbons (Fsp3) is 0.333. The Kier molecular flexibility index (Phi) is 6.92. The monoisotopic (exact) mass is 353 g/mol. The van der Waals surface area contributed by atoms with Crippen molar-refractivity contribution < 1.29 is 9.59 Å². The van der Waals surface area contributed by atoms with Gasteiger partial charge in [-0.05, 0) is 76.3 Å². The molecule has 0 radical (unpaired) electrons. The van der Waals surface area contributed by atoms with Crippen LogP contribution in [-0.4, -0.2) is 43.9 Å². The van der Waals surface area contributed by atoms with E-state index in [0.717, 1.165) is 29.8 Å². The van der Waals surface area contributed by atoms with Crippen molar-refractivity contribution in [3.63, 3.8) is 0 Å². The highest BCUT2D eigenvalue weighted by molar-refractivity contribution is 6.06. The third kappa shape index (κ3) is 5.70. The van der Waals surface area contributed by atoms with E-state index in [2.05, 4.69) is 15.5 Å². The molecule has 0 aliphatic carbocycles. The molecule has 5 nitrogen and oxygen atoms in total. The lowest BCUT2D eigenvalue weighted by atomic mass is 10.1. The van der Waals surface area contributed by atoms with Gasteiger partial charge >= 0.3 is 0 Å². The normalized spacial score (nSPS) is 10.7. The van der Waals surface area contributed by atoms with Crippen LogP contribution in [0.2, 0.25) is 0 Å². The molecule has 2 rings (SSSR count). The molecule has 138 valence electrons. The van der Waals surface area contributed by atoms with Gasteiger partial charge in [0.15, 0.2) is 0 Å². The summed E-state index contributed by atoms with van der Waals surface area (Å²) in [5.41, 5.74) is 3.82. The molecule has 0 heterocycles. The average Bonchev–Trinajstić information content (AvgIpc) is 2.61. The lowest BCUT2D eigenvalue weighted by molar-refractivity contribution is 0.0952. The second kappa shape index (κ2) is 9.15. The van der Waals surface area contributed by atoms with E-state index < -0.39 is 0 Å². The molecule has 2 amide bonds. The minimum Gasteiger partial charge on any atom is -0.352 e. The van der Waals surface area contributed by atoms with Gasteiger partial charge in [-0.3, -0.25) is 9.59 Å². The highest BCUT2D eigenvalue weighted by atomic mass is 16.2. The van der Waals surface area contributed by atoms with Gasteiger partial charge in [-0.1, -0.05) is 18.2 Å². The highest BCUT2D eigenvalue weighted by Crippen LogP contribution is 2.17. The number of carbonyl (C=O) groups is 2. The van der Waals surface area contributed by atoms with Gasteiger partial charge in [0.1, 0.15) is 0 Å². The Morgan fingerprint density at radius 1 is 0.962 bits per heavy atom. The Morgan fingerprint density at radius 2 is 1.65 bits per heavy atom. The molecule has 0 aromatic heterocycles. The van der Waals surface area contributed by atoms with Crippen molar-refractivity contribution in [2.45, 2.75) is 20.3 Å². The molecule has 5 heteroatoms. The van der Waals surface area contributed by atoms with Crippen LogP contribution < -0.4 is 10.6 Å². The first-order chi connectivity index (χ1) is 12.4. The minimum atomic E-state index is -0.221. The third-order valence-electron chi connectivity index (χ3n) is 4.10. The summed E-state index contributed by atoms with van der Waals surface area (Å²) < 4.78 is 0. The van der Waals surface area contributed by atoms with Crippen LogP contribution in [0.3, 0.4) is 0 Å². The molecule has 0 aliphatic rings. The number of rotatable bonds is 7. The van der Waals surface area contributed by atoms with Crippen molar-refractivity contribution in [2.75, 3.05) is 32.5 Å². The fourth-order valence-electron chi connectivity index (χ4n) is 2.57. The molecule has 0 saturated heterocycles. The predicted octanol–water partition coefficient (Wildman–Crippen LogP) is 3.24. The Labute approximate surface area is 155 Å². The van der Waals surface area contributed by atoms with Crippen LogP contribution in [0.5, 0.6) is 0 Å². The van der Waals surface area contributed by atoms with Gasteiger partial charge < -0.3 is 15.5 Å². The van der Waals surface area contributed by atoms with E-state index in [1.54, 1.807) is 24.3 Å². The van der Waals surface area contributed by atoms with E-state index >= 15 is 0 Å². The van der Waals surface area contributed by atoms with Gasteiger partial charge in [0.25, 0.3) is 11.8 Å². The second-order valence-corrected chi connectivity index (χ2v) is 6.77. The quantitative estimate of drug-likeness (QED) is 0.751. The fourth-order valence-corrected chi connectivity index (χ4v) is 2.57. The average molecular weight is 353 g/mol. The molecule has 0 spiro atoms. The van der Waals surface area contributed by atoms with Gasteiger partial charge in [0, 0.05) is 23.4 Å². The molecular weight excluding hydrogens is 326 g/mol. The summed E-state index contributed by atoms with van der Waals surface area (Å²) in [6.45, 7) is 5.46. The molecule has 0 atom stereocenters. The van der Waals surface area contributed by atoms with Crippen molar-refractivity contribution in [3.05, 3.63) is 64.7 Å². The summed E-state index contributed by atoms with van der Waals surface area (Å²) >= 11 is 0. The maximum atomic E-state index is 12.5. The van der Waals surface area contributed by atoms with E-state index in [1.807, 2.05) is 46.1 Å². The SMILES string of the molecule is Cc1ccc(C)c(NC(=O)c2cccc(C(=O)NCCCN(C)C)c2)c1. The van der Waals surface area contributed by atoms with Crippen LogP contribution in [0.15, 0.2) is 42.5 Å². The van der Waals surface area contributed by atoms with E-state index in [-0.39, 0.29) is 11.8 Å². The second-order valence-electron chi connectivity index (χ2n) is 6.77. The van der Waals surface area contributed by atoms with Crippen LogP contribution in [0.1, 0.15) is 38.3 Å². The number of nitrogens with one attached hydrogen (secondary N) is 2. The van der Waals surface area contributed by atoms with E-state index in [9.17, 15) is 9.59 Å². The smallest absolute Gasteiger partial charge is 0.255 e. The summed E-state index contributed by atoms with van der Waals surface area (Å²) in [5, 5.41) is 5.81. The standard InChI is InChI=1S/C21H27N3O2/c1-15-9-10-16(2)19(13-15)23-21(26)18-8-5-7-17(14-18)20(25)22-11-6-12-24(3)4/h5,7-10,13-14H,6,11-12H2,1-4H3,(H,22,25)(H,23,26). The summed E-state index contributed by atoms with van der Waals surface area (Å²) in [6, 6.07) is 12.7. The van der Waals surface area contributed by atoms with Gasteiger partial charge in [-0.25, -0.2) is 0 Å². The minimum absolute atomic E-state index is 0.162. The maximum absolute atomic E-state index is 12.5. The summed E-state index contributed by atoms with van der Waals surface area (Å²) in [7, 11) is 4.00. The Balaban J connectivity index is 2.02. The van der Waals surface area contributed by atoms with Crippen molar-refractivity contribution in [1.29, 1.82) is 0 Å². The molecule has 0 bridgehead atoms. The van der Waals surface area contributed by atoms with E-state index in [4.69, 9.17) is 0 Å². The summed E-state index contributed by atoms with van der Waals surface area (Å²) in [4.78, 5) is 26.9. The van der Waals surface area contributed by atoms with Gasteiger partial charge in [0.05, 0.1) is 0 Å². The lowest BCUT2D eigenvalue weighted by Gasteiger charge is -2.11. The van der Waals surface area contributed by atoms with E-state index in [1.165, 1.54) is 0 Å². The summed E-state index contributed by atoms with van der Waals surface area (Å²) in [6.07, 6.45) is 0.881. The number of nitrogens with zero attached hydrogens (tertiary/aromatic N) is 1. The lowest BCUT2D eigenvalue weighted by Crippen LogP contribution is -2.27. The Morgan fingerprint density at radius 3 is 2.35 bits per heavy atom. The molecule has 0 saturated carbocycles. The zero-order chi connectivity index (χ0) is 19.1. The van der Waals surface area contributed by atoms with Crippen LogP contribution in [0.25, 0.3) is 0 Å². The molecule has 0 aliphatic heterocycles. The first-order valence-corrected chi connectivity index (χ1v) is 8.78. The van der Waals surface area contributed by atoms with Gasteiger partial charge in [0.2, 0.25) is 0 Å². The first kappa shape index (κ1) is 19.7. The van der Waals surface area contributed by atoms with Crippen molar-refractivity contribution in [1.82, 2.24) is 10.2 Å². The number of amides is 2. The van der Waals surface area contributed by atoms with Crippen LogP contribution in [0.4, 0.5) is 5.69 Å². The molecule has 2 N–H and O–H groups in total. The number of hydrogen-bond acceptors (Lipinski definition) is 3. The topological polar surface area (TPSA) is 61.4 Å². The number of aryl methyl sites for hydroxylation is 2. The molecule has 2 aromatic rings. The number of carbonyl (C=O) groups excluding carboxylic acids is 2. The molecule has 0 fully saturated rings. The number of anilines is 1. The molecule has 26 heavy (non-hydrogen) atoms. The highest BCUT2D eigenvalue weighted by Gasteiger charge is 2.11. The largest absolute Gasteiger partial charge is 0.352 e. The van der Waals surface area contributed by atoms with Crippen molar-refractivity contribution in [2.24, 2.45) is 0 Å².